The Bertz CT molecular complexity index is 3150. The number of carboxylic acids is 4. The number of aliphatic hydroxyl groups is 2. The predicted molar refractivity (Wildman–Crippen MR) is 358 cm³/mol. The van der Waals surface area contributed by atoms with Crippen molar-refractivity contribution in [3.63, 3.8) is 0 Å². The van der Waals surface area contributed by atoms with Crippen molar-refractivity contribution in [1.29, 1.82) is 0 Å². The summed E-state index contributed by atoms with van der Waals surface area (Å²) in [5, 5.41) is 96.4. The van der Waals surface area contributed by atoms with Crippen molar-refractivity contribution >= 4 is 107 Å². The molecular formula is C63H99N15O25. The molecule has 40 heteroatoms. The van der Waals surface area contributed by atoms with Crippen LogP contribution in [0.2, 0.25) is 0 Å². The number of benzene rings is 1. The number of phenols is 1. The second-order valence-electron chi connectivity index (χ2n) is 25.3. The van der Waals surface area contributed by atoms with Crippen molar-refractivity contribution in [2.24, 2.45) is 35.1 Å². The molecular weight excluding hydrogens is 1370 g/mol. The van der Waals surface area contributed by atoms with E-state index in [4.69, 9.17) is 16.6 Å². The van der Waals surface area contributed by atoms with Crippen LogP contribution in [0.4, 0.5) is 0 Å². The second-order valence-corrected chi connectivity index (χ2v) is 25.3. The molecule has 0 aliphatic heterocycles. The van der Waals surface area contributed by atoms with Crippen molar-refractivity contribution in [2.45, 2.75) is 192 Å². The molecule has 12 atom stereocenters. The van der Waals surface area contributed by atoms with Gasteiger partial charge in [-0.05, 0) is 73.5 Å². The van der Waals surface area contributed by atoms with E-state index in [1.807, 2.05) is 0 Å². The van der Waals surface area contributed by atoms with E-state index in [2.05, 4.69) is 69.1 Å². The number of amides is 14. The lowest BCUT2D eigenvalue weighted by atomic mass is 9.97. The van der Waals surface area contributed by atoms with Crippen molar-refractivity contribution in [3.8, 4) is 5.75 Å². The van der Waals surface area contributed by atoms with Gasteiger partial charge in [0.2, 0.25) is 82.7 Å². The number of aromatic hydroxyl groups is 1. The maximum atomic E-state index is 14.5. The standard InChI is InChI=1S/C63H99N15O25/c1-9-32(8)52(77-47(85)25-66-45(83)24-67-55(94)39(20-29(2)3)72-56(95)37(16-19-49(88)89)69-46(84)26-68-54(93)36(15-18-48(86)87)70-53(92)35(64)27-79)62(101)75-41(22-33-10-12-34(81)13-11-33)58(97)71-38(14-17-44(65)82)57(96)74-42(23-50(90)91)59(98)73-40(21-30(4)5)60(99)78-51(31(6)7)61(100)76-43(28-80)63(102)103/h10-13,29-32,35-43,51-52,79-81H,9,14-28,64H2,1-8H3,(H2,65,82)(H,66,83)(H,67,94)(H,68,93)(H,69,84)(H,70,92)(H,71,97)(H,72,95)(H,73,98)(H,74,96)(H,75,101)(H,76,100)(H,77,85)(H,78,99)(H,86,87)(H,88,89)(H,90,91)(H,102,103)/t32-,35-,36-,37-,38-,39-,40-,41-,42-,43-,51-,52-/m0/s1. The molecule has 0 aliphatic rings. The second kappa shape index (κ2) is 46.0. The van der Waals surface area contributed by atoms with Crippen LogP contribution < -0.4 is 80.6 Å². The fourth-order valence-electron chi connectivity index (χ4n) is 9.44. The van der Waals surface area contributed by atoms with E-state index >= 15 is 0 Å². The number of rotatable bonds is 49. The number of carbonyl (C=O) groups is 18. The van der Waals surface area contributed by atoms with E-state index in [0.717, 1.165) is 0 Å². The molecule has 1 aromatic carbocycles. The highest BCUT2D eigenvalue weighted by atomic mass is 16.4. The third kappa shape index (κ3) is 35.5. The average Bonchev–Trinajstić information content (AvgIpc) is 0.854. The van der Waals surface area contributed by atoms with Gasteiger partial charge in [0.05, 0.1) is 39.3 Å². The zero-order valence-corrected chi connectivity index (χ0v) is 58.4. The van der Waals surface area contributed by atoms with Crippen molar-refractivity contribution in [3.05, 3.63) is 29.8 Å². The van der Waals surface area contributed by atoms with Gasteiger partial charge in [0, 0.05) is 25.7 Å². The Balaban J connectivity index is 3.43. The quantitative estimate of drug-likeness (QED) is 0.0288. The largest absolute Gasteiger partial charge is 0.508 e. The lowest BCUT2D eigenvalue weighted by Crippen LogP contribution is -2.61. The van der Waals surface area contributed by atoms with Gasteiger partial charge < -0.3 is 116 Å². The zero-order valence-electron chi connectivity index (χ0n) is 58.4. The Morgan fingerprint density at radius 1 is 0.408 bits per heavy atom. The summed E-state index contributed by atoms with van der Waals surface area (Å²) in [5.74, 6) is -23.1. The first-order valence-corrected chi connectivity index (χ1v) is 32.9. The van der Waals surface area contributed by atoms with E-state index in [1.54, 1.807) is 41.5 Å². The molecule has 0 saturated carbocycles. The Kier molecular flexibility index (Phi) is 40.3. The van der Waals surface area contributed by atoms with Crippen LogP contribution in [0.15, 0.2) is 24.3 Å². The normalized spacial score (nSPS) is 14.5. The number of aliphatic hydroxyl groups excluding tert-OH is 2. The molecule has 24 N–H and O–H groups in total. The van der Waals surface area contributed by atoms with Crippen molar-refractivity contribution < 1.29 is 122 Å². The summed E-state index contributed by atoms with van der Waals surface area (Å²) in [5.41, 5.74) is 11.2. The maximum Gasteiger partial charge on any atom is 0.328 e. The molecule has 0 radical (unpaired) electrons. The molecule has 0 heterocycles. The van der Waals surface area contributed by atoms with Gasteiger partial charge in [0.15, 0.2) is 0 Å². The van der Waals surface area contributed by atoms with Gasteiger partial charge in [0.1, 0.15) is 72.2 Å². The minimum absolute atomic E-state index is 0.0940. The van der Waals surface area contributed by atoms with E-state index in [9.17, 15) is 117 Å². The molecule has 0 unspecified atom stereocenters. The number of hydrogen-bond acceptors (Lipinski definition) is 22. The van der Waals surface area contributed by atoms with Crippen LogP contribution in [0.1, 0.15) is 125 Å². The number of phenolic OH excluding ortho intramolecular Hbond substituents is 1. The average molecular weight is 1470 g/mol. The zero-order chi connectivity index (χ0) is 78.5. The summed E-state index contributed by atoms with van der Waals surface area (Å²) in [4.78, 5) is 235. The minimum atomic E-state index is -2.02. The van der Waals surface area contributed by atoms with Gasteiger partial charge in [-0.15, -0.1) is 0 Å². The highest BCUT2D eigenvalue weighted by molar-refractivity contribution is 6.00. The summed E-state index contributed by atoms with van der Waals surface area (Å²) in [6.45, 7) is 8.43. The topological polar surface area (TPSA) is 657 Å². The van der Waals surface area contributed by atoms with Gasteiger partial charge in [-0.2, -0.15) is 0 Å². The van der Waals surface area contributed by atoms with Gasteiger partial charge >= 0.3 is 23.9 Å². The number of nitrogens with two attached hydrogens (primary N) is 2. The molecule has 103 heavy (non-hydrogen) atoms. The lowest BCUT2D eigenvalue weighted by Gasteiger charge is -2.29. The summed E-state index contributed by atoms with van der Waals surface area (Å²) in [6, 6.07) is -12.6. The van der Waals surface area contributed by atoms with Gasteiger partial charge in [-0.25, -0.2) is 4.79 Å². The van der Waals surface area contributed by atoms with Crippen LogP contribution in [0.5, 0.6) is 5.75 Å². The molecule has 1 rings (SSSR count). The van der Waals surface area contributed by atoms with Crippen molar-refractivity contribution in [1.82, 2.24) is 69.1 Å². The highest BCUT2D eigenvalue weighted by Gasteiger charge is 2.38. The third-order valence-electron chi connectivity index (χ3n) is 15.3. The lowest BCUT2D eigenvalue weighted by molar-refractivity contribution is -0.144. The van der Waals surface area contributed by atoms with E-state index < -0.39 is 269 Å². The number of hydrogen-bond donors (Lipinski definition) is 22. The Hall–Kier alpha value is -10.6. The highest BCUT2D eigenvalue weighted by Crippen LogP contribution is 2.16. The SMILES string of the molecule is CC[C@H](C)[C@H](NC(=O)CNC(=O)CNC(=O)[C@H](CC(C)C)NC(=O)[C@H](CCC(=O)O)NC(=O)CNC(=O)[C@H](CCC(=O)O)NC(=O)[C@@H](N)CO)C(=O)N[C@@H](Cc1ccc(O)cc1)C(=O)N[C@@H](CCC(N)=O)C(=O)N[C@@H](CC(=O)O)C(=O)N[C@@H](CC(C)C)C(=O)N[C@H](C(=O)N[C@@H](CO)C(=O)O)C(C)C. The van der Waals surface area contributed by atoms with Crippen LogP contribution in [0.3, 0.4) is 0 Å². The molecule has 0 fully saturated rings. The Labute approximate surface area is 592 Å². The van der Waals surface area contributed by atoms with E-state index in [0.29, 0.717) is 5.56 Å². The fraction of sp³-hybridized carbons (Fsp3) is 0.619. The molecule has 0 spiro atoms. The summed E-state index contributed by atoms with van der Waals surface area (Å²) in [7, 11) is 0. The van der Waals surface area contributed by atoms with Gasteiger partial charge in [-0.3, -0.25) is 81.5 Å². The van der Waals surface area contributed by atoms with Crippen LogP contribution in [-0.2, 0) is 92.7 Å². The molecule has 576 valence electrons. The molecule has 1 aromatic rings. The van der Waals surface area contributed by atoms with Gasteiger partial charge in [-0.1, -0.05) is 73.9 Å². The maximum absolute atomic E-state index is 14.5. The first-order chi connectivity index (χ1) is 48.1. The number of primary amides is 1. The first-order valence-electron chi connectivity index (χ1n) is 32.9. The minimum Gasteiger partial charge on any atom is -0.508 e. The van der Waals surface area contributed by atoms with Crippen LogP contribution in [0.25, 0.3) is 0 Å². The van der Waals surface area contributed by atoms with E-state index in [1.165, 1.54) is 38.1 Å². The van der Waals surface area contributed by atoms with Crippen molar-refractivity contribution in [2.75, 3.05) is 32.8 Å². The molecule has 14 amide bonds. The summed E-state index contributed by atoms with van der Waals surface area (Å²) >= 11 is 0. The van der Waals surface area contributed by atoms with Gasteiger partial charge in [0.25, 0.3) is 0 Å². The first kappa shape index (κ1) is 90.4. The number of aliphatic carboxylic acids is 4. The van der Waals surface area contributed by atoms with E-state index in [-0.39, 0.29) is 36.8 Å². The number of carboxylic acid groups (broad SMARTS) is 4. The molecule has 0 aromatic heterocycles. The summed E-state index contributed by atoms with van der Waals surface area (Å²) < 4.78 is 0. The van der Waals surface area contributed by atoms with Crippen LogP contribution >= 0.6 is 0 Å². The Morgan fingerprint density at radius 3 is 1.28 bits per heavy atom. The monoisotopic (exact) mass is 1470 g/mol. The third-order valence-corrected chi connectivity index (χ3v) is 15.3. The van der Waals surface area contributed by atoms with Crippen LogP contribution in [0, 0.1) is 23.7 Å². The molecule has 0 saturated heterocycles. The smallest absolute Gasteiger partial charge is 0.328 e. The number of nitrogens with one attached hydrogen (secondary N) is 13. The molecule has 0 aliphatic carbocycles. The molecule has 40 nitrogen and oxygen atoms in total. The van der Waals surface area contributed by atoms with Crippen LogP contribution in [-0.4, -0.2) is 242 Å². The summed E-state index contributed by atoms with van der Waals surface area (Å²) in [6.07, 6.45) is -5.10. The Morgan fingerprint density at radius 2 is 0.806 bits per heavy atom. The molecule has 0 bridgehead atoms. The number of carbonyl (C=O) groups excluding carboxylic acids is 14. The fourth-order valence-corrected chi connectivity index (χ4v) is 9.44. The predicted octanol–water partition coefficient (Wildman–Crippen LogP) is -7.21.